The molecule has 1 atom stereocenters. The number of hydrogen-bond donors (Lipinski definition) is 0. The highest BCUT2D eigenvalue weighted by Crippen LogP contribution is 2.31. The zero-order valence-electron chi connectivity index (χ0n) is 9.71. The Morgan fingerprint density at radius 2 is 2.06 bits per heavy atom. The first-order valence-electron chi connectivity index (χ1n) is 5.52. The van der Waals surface area contributed by atoms with E-state index in [1.807, 2.05) is 18.2 Å². The van der Waals surface area contributed by atoms with E-state index < -0.39 is 0 Å². The van der Waals surface area contributed by atoms with Gasteiger partial charge in [0.05, 0.1) is 20.7 Å². The van der Waals surface area contributed by atoms with Gasteiger partial charge in [-0.1, -0.05) is 43.1 Å². The number of benzene rings is 1. The molecule has 1 heterocycles. The molecule has 1 nitrogen and oxygen atoms in total. The molecule has 1 aromatic carbocycles. The van der Waals surface area contributed by atoms with Crippen molar-refractivity contribution in [1.82, 2.24) is 4.98 Å². The summed E-state index contributed by atoms with van der Waals surface area (Å²) in [6.07, 6.45) is 1.11. The van der Waals surface area contributed by atoms with Gasteiger partial charge >= 0.3 is 0 Å². The Balaban J connectivity index is 2.33. The maximum Gasteiger partial charge on any atom is 0.0960 e. The highest BCUT2D eigenvalue weighted by Gasteiger charge is 2.10. The molecule has 0 fully saturated rings. The highest BCUT2D eigenvalue weighted by molar-refractivity contribution is 7.10. The van der Waals surface area contributed by atoms with Gasteiger partial charge < -0.3 is 0 Å². The van der Waals surface area contributed by atoms with Gasteiger partial charge in [-0.2, -0.15) is 0 Å². The molecule has 2 aromatic rings. The summed E-state index contributed by atoms with van der Waals surface area (Å²) in [5.41, 5.74) is 1.99. The fraction of sp³-hybridized carbons (Fsp3) is 0.308. The summed E-state index contributed by atoms with van der Waals surface area (Å²) in [5, 5.41) is 4.39. The predicted molar refractivity (Wildman–Crippen MR) is 76.3 cm³/mol. The molecule has 4 heteroatoms. The number of halogens is 2. The summed E-state index contributed by atoms with van der Waals surface area (Å²) < 4.78 is 0. The van der Waals surface area contributed by atoms with Crippen molar-refractivity contribution in [3.63, 3.8) is 0 Å². The second kappa shape index (κ2) is 5.38. The lowest BCUT2D eigenvalue weighted by Gasteiger charge is -2.02. The van der Waals surface area contributed by atoms with E-state index in [0.717, 1.165) is 17.7 Å². The van der Waals surface area contributed by atoms with Crippen LogP contribution in [-0.4, -0.2) is 4.98 Å². The predicted octanol–water partition coefficient (Wildman–Crippen LogP) is 5.63. The minimum Gasteiger partial charge on any atom is -0.241 e. The van der Waals surface area contributed by atoms with E-state index in [1.54, 1.807) is 11.3 Å². The van der Waals surface area contributed by atoms with E-state index in [2.05, 4.69) is 24.2 Å². The average Bonchev–Trinajstić information content (AvgIpc) is 2.81. The van der Waals surface area contributed by atoms with Crippen LogP contribution in [0.5, 0.6) is 0 Å². The number of thiazole rings is 1. The lowest BCUT2D eigenvalue weighted by Crippen LogP contribution is -1.89. The van der Waals surface area contributed by atoms with Gasteiger partial charge in [-0.05, 0) is 18.6 Å². The first-order chi connectivity index (χ1) is 8.11. The van der Waals surface area contributed by atoms with Crippen LogP contribution in [-0.2, 0) is 0 Å². The van der Waals surface area contributed by atoms with Crippen molar-refractivity contribution in [2.45, 2.75) is 26.2 Å². The Morgan fingerprint density at radius 3 is 2.71 bits per heavy atom. The van der Waals surface area contributed by atoms with E-state index in [4.69, 9.17) is 23.2 Å². The zero-order valence-corrected chi connectivity index (χ0v) is 12.0. The third kappa shape index (κ3) is 2.82. The summed E-state index contributed by atoms with van der Waals surface area (Å²) in [6, 6.07) is 5.62. The van der Waals surface area contributed by atoms with Crippen LogP contribution in [0.4, 0.5) is 0 Å². The fourth-order valence-corrected chi connectivity index (χ4v) is 2.75. The molecular formula is C13H13Cl2NS. The van der Waals surface area contributed by atoms with E-state index >= 15 is 0 Å². The van der Waals surface area contributed by atoms with Crippen molar-refractivity contribution in [1.29, 1.82) is 0 Å². The van der Waals surface area contributed by atoms with Gasteiger partial charge in [0, 0.05) is 16.9 Å². The van der Waals surface area contributed by atoms with Crippen molar-refractivity contribution in [3.05, 3.63) is 38.6 Å². The standard InChI is InChI=1S/C13H13Cl2NS/c1-3-8(2)13-16-12(7-17-13)9-4-5-10(14)11(15)6-9/h4-8H,3H2,1-2H3. The van der Waals surface area contributed by atoms with E-state index in [1.165, 1.54) is 5.01 Å². The molecule has 0 aliphatic rings. The molecule has 17 heavy (non-hydrogen) atoms. The molecule has 0 amide bonds. The number of hydrogen-bond acceptors (Lipinski definition) is 2. The molecule has 90 valence electrons. The molecule has 0 bridgehead atoms. The molecule has 0 spiro atoms. The average molecular weight is 286 g/mol. The highest BCUT2D eigenvalue weighted by atomic mass is 35.5. The molecule has 0 saturated heterocycles. The third-order valence-electron chi connectivity index (χ3n) is 2.77. The molecule has 2 rings (SSSR count). The van der Waals surface area contributed by atoms with Crippen molar-refractivity contribution in [2.24, 2.45) is 0 Å². The van der Waals surface area contributed by atoms with Crippen LogP contribution in [0.1, 0.15) is 31.2 Å². The SMILES string of the molecule is CCC(C)c1nc(-c2ccc(Cl)c(Cl)c2)cs1. The summed E-state index contributed by atoms with van der Waals surface area (Å²) in [6.45, 7) is 4.36. The van der Waals surface area contributed by atoms with Crippen LogP contribution < -0.4 is 0 Å². The maximum atomic E-state index is 6.00. The van der Waals surface area contributed by atoms with Crippen molar-refractivity contribution in [3.8, 4) is 11.3 Å². The Bertz CT molecular complexity index is 522. The normalized spacial score (nSPS) is 12.7. The van der Waals surface area contributed by atoms with Gasteiger partial charge in [-0.15, -0.1) is 11.3 Å². The van der Waals surface area contributed by atoms with E-state index in [0.29, 0.717) is 16.0 Å². The second-order valence-electron chi connectivity index (χ2n) is 4.01. The summed E-state index contributed by atoms with van der Waals surface area (Å²) >= 11 is 13.6. The summed E-state index contributed by atoms with van der Waals surface area (Å²) in [4.78, 5) is 4.64. The minimum atomic E-state index is 0.511. The van der Waals surface area contributed by atoms with Gasteiger partial charge in [0.2, 0.25) is 0 Å². The largest absolute Gasteiger partial charge is 0.241 e. The lowest BCUT2D eigenvalue weighted by atomic mass is 10.1. The number of aromatic nitrogens is 1. The van der Waals surface area contributed by atoms with Crippen LogP contribution in [0.25, 0.3) is 11.3 Å². The summed E-state index contributed by atoms with van der Waals surface area (Å²) in [5.74, 6) is 0.511. The molecular weight excluding hydrogens is 273 g/mol. The zero-order chi connectivity index (χ0) is 12.4. The van der Waals surface area contributed by atoms with E-state index in [-0.39, 0.29) is 0 Å². The first kappa shape index (κ1) is 12.9. The number of rotatable bonds is 3. The molecule has 1 aromatic heterocycles. The Morgan fingerprint density at radius 1 is 1.29 bits per heavy atom. The molecule has 0 aliphatic carbocycles. The monoisotopic (exact) mass is 285 g/mol. The van der Waals surface area contributed by atoms with Gasteiger partial charge in [0.15, 0.2) is 0 Å². The quantitative estimate of drug-likeness (QED) is 0.712. The van der Waals surface area contributed by atoms with Gasteiger partial charge in [0.25, 0.3) is 0 Å². The third-order valence-corrected chi connectivity index (χ3v) is 4.59. The fourth-order valence-electron chi connectivity index (χ4n) is 1.48. The Kier molecular flexibility index (Phi) is 4.08. The molecule has 0 saturated carbocycles. The van der Waals surface area contributed by atoms with Crippen molar-refractivity contribution >= 4 is 34.5 Å². The van der Waals surface area contributed by atoms with Crippen molar-refractivity contribution in [2.75, 3.05) is 0 Å². The smallest absolute Gasteiger partial charge is 0.0960 e. The van der Waals surface area contributed by atoms with Crippen LogP contribution >= 0.6 is 34.5 Å². The topological polar surface area (TPSA) is 12.9 Å². The van der Waals surface area contributed by atoms with Crippen LogP contribution in [0, 0.1) is 0 Å². The maximum absolute atomic E-state index is 6.00. The Hall–Kier alpha value is -0.570. The van der Waals surface area contributed by atoms with Gasteiger partial charge in [-0.25, -0.2) is 4.98 Å². The van der Waals surface area contributed by atoms with Crippen LogP contribution in [0.2, 0.25) is 10.0 Å². The van der Waals surface area contributed by atoms with Gasteiger partial charge in [0.1, 0.15) is 0 Å². The molecule has 0 radical (unpaired) electrons. The molecule has 1 unspecified atom stereocenters. The molecule has 0 aliphatic heterocycles. The van der Waals surface area contributed by atoms with E-state index in [9.17, 15) is 0 Å². The second-order valence-corrected chi connectivity index (χ2v) is 5.71. The molecule has 0 N–H and O–H groups in total. The first-order valence-corrected chi connectivity index (χ1v) is 7.16. The summed E-state index contributed by atoms with van der Waals surface area (Å²) in [7, 11) is 0. The van der Waals surface area contributed by atoms with Crippen molar-refractivity contribution < 1.29 is 0 Å². The lowest BCUT2D eigenvalue weighted by molar-refractivity contribution is 0.727. The van der Waals surface area contributed by atoms with Crippen LogP contribution in [0.3, 0.4) is 0 Å². The number of nitrogens with zero attached hydrogens (tertiary/aromatic N) is 1. The van der Waals surface area contributed by atoms with Crippen LogP contribution in [0.15, 0.2) is 23.6 Å². The Labute approximate surface area is 115 Å². The van der Waals surface area contributed by atoms with Gasteiger partial charge in [-0.3, -0.25) is 0 Å². The minimum absolute atomic E-state index is 0.511.